The van der Waals surface area contributed by atoms with Crippen LogP contribution in [0.4, 0.5) is 15.8 Å². The fraction of sp³-hybridized carbons (Fsp3) is 0.250. The third-order valence-corrected chi connectivity index (χ3v) is 4.29. The number of benzene rings is 2. The molecule has 2 rings (SSSR count). The monoisotopic (exact) mass is 448 g/mol. The molecule has 0 radical (unpaired) electrons. The van der Waals surface area contributed by atoms with Gasteiger partial charge in [-0.3, -0.25) is 9.59 Å². The molecule has 148 valence electrons. The van der Waals surface area contributed by atoms with Crippen LogP contribution in [0, 0.1) is 5.82 Å². The predicted molar refractivity (Wildman–Crippen MR) is 112 cm³/mol. The molecule has 0 aliphatic carbocycles. The lowest BCUT2D eigenvalue weighted by Gasteiger charge is -2.11. The highest BCUT2D eigenvalue weighted by Gasteiger charge is 2.11. The first-order valence-electron chi connectivity index (χ1n) is 8.93. The maximum atomic E-state index is 13.9. The minimum absolute atomic E-state index is 0.315. The Morgan fingerprint density at radius 3 is 2.64 bits per heavy atom. The number of nitrogens with zero attached hydrogens (tertiary/aromatic N) is 1. The van der Waals surface area contributed by atoms with E-state index in [1.165, 1.54) is 12.3 Å². The van der Waals surface area contributed by atoms with Crippen molar-refractivity contribution in [1.29, 1.82) is 0 Å². The number of nitrogens with one attached hydrogen (secondary N) is 3. The van der Waals surface area contributed by atoms with Gasteiger partial charge in [0, 0.05) is 22.3 Å². The van der Waals surface area contributed by atoms with E-state index in [4.69, 9.17) is 0 Å². The van der Waals surface area contributed by atoms with Gasteiger partial charge in [0.25, 0.3) is 0 Å². The molecule has 28 heavy (non-hydrogen) atoms. The Morgan fingerprint density at radius 1 is 1.11 bits per heavy atom. The third kappa shape index (κ3) is 6.77. The Morgan fingerprint density at radius 2 is 1.89 bits per heavy atom. The first-order valence-corrected chi connectivity index (χ1v) is 9.73. The van der Waals surface area contributed by atoms with E-state index in [9.17, 15) is 14.0 Å². The third-order valence-electron chi connectivity index (χ3n) is 3.80. The number of hydrogen-bond donors (Lipinski definition) is 3. The van der Waals surface area contributed by atoms with Gasteiger partial charge in [0.2, 0.25) is 0 Å². The summed E-state index contributed by atoms with van der Waals surface area (Å²) in [7, 11) is 0. The fourth-order valence-electron chi connectivity index (χ4n) is 2.33. The van der Waals surface area contributed by atoms with Crippen molar-refractivity contribution in [2.45, 2.75) is 26.2 Å². The summed E-state index contributed by atoms with van der Waals surface area (Å²) in [6.07, 6.45) is 4.22. The average molecular weight is 449 g/mol. The molecule has 6 nitrogen and oxygen atoms in total. The first kappa shape index (κ1) is 21.6. The van der Waals surface area contributed by atoms with Gasteiger partial charge in [-0.15, -0.1) is 0 Å². The predicted octanol–water partition coefficient (Wildman–Crippen LogP) is 4.09. The van der Waals surface area contributed by atoms with Crippen LogP contribution in [0.2, 0.25) is 0 Å². The number of rotatable bonds is 8. The highest BCUT2D eigenvalue weighted by atomic mass is 79.9. The number of anilines is 2. The van der Waals surface area contributed by atoms with Gasteiger partial charge in [0.15, 0.2) is 0 Å². The molecule has 0 saturated heterocycles. The van der Waals surface area contributed by atoms with Gasteiger partial charge in [-0.2, -0.15) is 5.10 Å². The van der Waals surface area contributed by atoms with Crippen LogP contribution in [0.15, 0.2) is 52.0 Å². The highest BCUT2D eigenvalue weighted by molar-refractivity contribution is 9.10. The minimum atomic E-state index is -0.841. The Kier molecular flexibility index (Phi) is 8.61. The number of halogens is 2. The molecule has 8 heteroatoms. The normalized spacial score (nSPS) is 10.7. The molecule has 0 bridgehead atoms. The van der Waals surface area contributed by atoms with Gasteiger partial charge in [0.1, 0.15) is 5.82 Å². The van der Waals surface area contributed by atoms with E-state index in [1.54, 1.807) is 36.4 Å². The lowest BCUT2D eigenvalue weighted by Crippen LogP contribution is -2.38. The van der Waals surface area contributed by atoms with Crippen LogP contribution in [0.25, 0.3) is 0 Å². The highest BCUT2D eigenvalue weighted by Crippen LogP contribution is 2.24. The maximum Gasteiger partial charge on any atom is 0.329 e. The van der Waals surface area contributed by atoms with Crippen molar-refractivity contribution in [2.75, 3.05) is 11.9 Å². The fourth-order valence-corrected chi connectivity index (χ4v) is 2.71. The summed E-state index contributed by atoms with van der Waals surface area (Å²) < 4.78 is 14.7. The van der Waals surface area contributed by atoms with Crippen molar-refractivity contribution in [3.05, 3.63) is 58.3 Å². The van der Waals surface area contributed by atoms with Crippen LogP contribution in [-0.4, -0.2) is 24.6 Å². The van der Waals surface area contributed by atoms with Gasteiger partial charge in [0.05, 0.1) is 11.9 Å². The van der Waals surface area contributed by atoms with Crippen LogP contribution in [0.3, 0.4) is 0 Å². The second-order valence-electron chi connectivity index (χ2n) is 6.00. The first-order chi connectivity index (χ1) is 13.5. The number of hydrogen-bond acceptors (Lipinski definition) is 4. The van der Waals surface area contributed by atoms with Crippen molar-refractivity contribution in [3.63, 3.8) is 0 Å². The summed E-state index contributed by atoms with van der Waals surface area (Å²) in [6, 6.07) is 11.6. The molecule has 0 saturated carbocycles. The molecule has 0 aromatic heterocycles. The zero-order chi connectivity index (χ0) is 20.4. The van der Waals surface area contributed by atoms with Crippen molar-refractivity contribution >= 4 is 45.3 Å². The van der Waals surface area contributed by atoms with Crippen LogP contribution in [0.5, 0.6) is 0 Å². The molecule has 2 amide bonds. The summed E-state index contributed by atoms with van der Waals surface area (Å²) in [5.41, 5.74) is 3.70. The van der Waals surface area contributed by atoms with Gasteiger partial charge in [-0.05, 0) is 36.8 Å². The molecule has 0 aliphatic rings. The van der Waals surface area contributed by atoms with E-state index in [2.05, 4.69) is 44.0 Å². The molecule has 3 N–H and O–H groups in total. The van der Waals surface area contributed by atoms with Crippen molar-refractivity contribution in [1.82, 2.24) is 10.7 Å². The lowest BCUT2D eigenvalue weighted by molar-refractivity contribution is -0.139. The minimum Gasteiger partial charge on any atom is -0.353 e. The number of hydrazone groups is 1. The molecule has 0 aliphatic heterocycles. The van der Waals surface area contributed by atoms with Gasteiger partial charge < -0.3 is 10.6 Å². The summed E-state index contributed by atoms with van der Waals surface area (Å²) in [4.78, 5) is 23.5. The standard InChI is InChI=1S/C20H22BrFN4O2/c1-2-3-6-11-23-19(27)20(28)26-24-13-14-12-15(21)9-10-17(14)25-18-8-5-4-7-16(18)22/h4-5,7-10,12-13,25H,2-3,6,11H2,1H3,(H,23,27)(H,26,28)/b24-13-. The molecule has 0 spiro atoms. The number of para-hydroxylation sites is 1. The number of amides is 2. The van der Waals surface area contributed by atoms with Crippen molar-refractivity contribution in [3.8, 4) is 0 Å². The van der Waals surface area contributed by atoms with Gasteiger partial charge >= 0.3 is 11.8 Å². The van der Waals surface area contributed by atoms with E-state index in [1.807, 2.05) is 0 Å². The van der Waals surface area contributed by atoms with Gasteiger partial charge in [-0.1, -0.05) is 47.8 Å². The lowest BCUT2D eigenvalue weighted by atomic mass is 10.2. The summed E-state index contributed by atoms with van der Waals surface area (Å²) in [6.45, 7) is 2.51. The Balaban J connectivity index is 2.01. The summed E-state index contributed by atoms with van der Waals surface area (Å²) >= 11 is 3.37. The second-order valence-corrected chi connectivity index (χ2v) is 6.91. The zero-order valence-electron chi connectivity index (χ0n) is 15.5. The van der Waals surface area contributed by atoms with Crippen molar-refractivity contribution in [2.24, 2.45) is 5.10 Å². The maximum absolute atomic E-state index is 13.9. The number of carbonyl (C=O) groups is 2. The molecule has 0 fully saturated rings. The summed E-state index contributed by atoms with van der Waals surface area (Å²) in [5.74, 6) is -1.96. The largest absolute Gasteiger partial charge is 0.353 e. The quantitative estimate of drug-likeness (QED) is 0.246. The molecule has 2 aromatic carbocycles. The van der Waals surface area contributed by atoms with E-state index >= 15 is 0 Å². The second kappa shape index (κ2) is 11.2. The SMILES string of the molecule is CCCCCNC(=O)C(=O)N/N=C\c1cc(Br)ccc1Nc1ccccc1F. The van der Waals surface area contributed by atoms with Crippen LogP contribution in [-0.2, 0) is 9.59 Å². The average Bonchev–Trinajstić information content (AvgIpc) is 2.68. The van der Waals surface area contributed by atoms with E-state index < -0.39 is 11.8 Å². The Hall–Kier alpha value is -2.74. The zero-order valence-corrected chi connectivity index (χ0v) is 17.1. The Labute approximate surface area is 171 Å². The topological polar surface area (TPSA) is 82.6 Å². The van der Waals surface area contributed by atoms with Crippen molar-refractivity contribution < 1.29 is 14.0 Å². The molecular weight excluding hydrogens is 427 g/mol. The molecular formula is C20H22BrFN4O2. The molecule has 2 aromatic rings. The van der Waals surface area contributed by atoms with Crippen LogP contribution < -0.4 is 16.1 Å². The summed E-state index contributed by atoms with van der Waals surface area (Å²) in [5, 5.41) is 9.36. The number of unbranched alkanes of at least 4 members (excludes halogenated alkanes) is 2. The molecule has 0 heterocycles. The van der Waals surface area contributed by atoms with E-state index in [0.29, 0.717) is 23.5 Å². The van der Waals surface area contributed by atoms with E-state index in [-0.39, 0.29) is 5.82 Å². The number of carbonyl (C=O) groups excluding carboxylic acids is 2. The van der Waals surface area contributed by atoms with Crippen LogP contribution in [0.1, 0.15) is 31.7 Å². The van der Waals surface area contributed by atoms with E-state index in [0.717, 1.165) is 23.7 Å². The molecule has 0 unspecified atom stereocenters. The smallest absolute Gasteiger partial charge is 0.329 e. The van der Waals surface area contributed by atoms with Gasteiger partial charge in [-0.25, -0.2) is 9.82 Å². The van der Waals surface area contributed by atoms with Crippen LogP contribution >= 0.6 is 15.9 Å². The molecule has 0 atom stereocenters. The Bertz CT molecular complexity index is 858.